The molecule has 0 saturated heterocycles. The van der Waals surface area contributed by atoms with Crippen LogP contribution in [0.25, 0.3) is 0 Å². The first-order chi connectivity index (χ1) is 3.13. The van der Waals surface area contributed by atoms with Crippen molar-refractivity contribution in [1.82, 2.24) is 0 Å². The van der Waals surface area contributed by atoms with Crippen LogP contribution in [0.15, 0.2) is 0 Å². The fraction of sp³-hybridized carbons (Fsp3) is 1.00. The Bertz CT molecular complexity index is 39.0. The maximum atomic E-state index is 8.56. The Hall–Kier alpha value is -0.120. The lowest BCUT2D eigenvalue weighted by molar-refractivity contribution is 0.175. The molecule has 0 aromatic rings. The second-order valence-corrected chi connectivity index (χ2v) is 1.75. The SMILES string of the molecule is CC(O)CC(N)N. The maximum Gasteiger partial charge on any atom is 0.0545 e. The van der Waals surface area contributed by atoms with Crippen LogP contribution in [0.1, 0.15) is 13.3 Å². The maximum absolute atomic E-state index is 8.56. The molecule has 44 valence electrons. The van der Waals surface area contributed by atoms with Crippen LogP contribution in [0, 0.1) is 0 Å². The van der Waals surface area contributed by atoms with Crippen molar-refractivity contribution >= 4 is 0 Å². The van der Waals surface area contributed by atoms with E-state index in [0.29, 0.717) is 6.42 Å². The molecule has 0 heterocycles. The Morgan fingerprint density at radius 2 is 2.00 bits per heavy atom. The van der Waals surface area contributed by atoms with Gasteiger partial charge in [-0.2, -0.15) is 0 Å². The summed E-state index contributed by atoms with van der Waals surface area (Å²) in [6, 6.07) is 0. The van der Waals surface area contributed by atoms with Crippen LogP contribution < -0.4 is 11.5 Å². The number of rotatable bonds is 2. The molecule has 5 N–H and O–H groups in total. The van der Waals surface area contributed by atoms with E-state index in [9.17, 15) is 0 Å². The van der Waals surface area contributed by atoms with Crippen molar-refractivity contribution in [1.29, 1.82) is 0 Å². The summed E-state index contributed by atoms with van der Waals surface area (Å²) in [6.45, 7) is 1.66. The minimum atomic E-state index is -0.375. The Kier molecular flexibility index (Phi) is 2.91. The summed E-state index contributed by atoms with van der Waals surface area (Å²) >= 11 is 0. The molecular formula is C4H12N2O. The lowest BCUT2D eigenvalue weighted by Gasteiger charge is -2.05. The molecule has 1 atom stereocenters. The molecule has 0 aliphatic carbocycles. The van der Waals surface area contributed by atoms with E-state index in [2.05, 4.69) is 0 Å². The van der Waals surface area contributed by atoms with Crippen LogP contribution >= 0.6 is 0 Å². The summed E-state index contributed by atoms with van der Waals surface area (Å²) in [5, 5.41) is 8.56. The van der Waals surface area contributed by atoms with Crippen molar-refractivity contribution in [2.24, 2.45) is 11.5 Å². The highest BCUT2D eigenvalue weighted by Gasteiger charge is 1.97. The van der Waals surface area contributed by atoms with Crippen LogP contribution in [0.5, 0.6) is 0 Å². The van der Waals surface area contributed by atoms with Crippen molar-refractivity contribution in [2.45, 2.75) is 25.6 Å². The molecule has 0 aliphatic rings. The molecule has 0 bridgehead atoms. The molecule has 0 rings (SSSR count). The molecular weight excluding hydrogens is 92.1 g/mol. The van der Waals surface area contributed by atoms with E-state index in [1.54, 1.807) is 6.92 Å². The lowest BCUT2D eigenvalue weighted by Crippen LogP contribution is -2.33. The van der Waals surface area contributed by atoms with Crippen molar-refractivity contribution in [2.75, 3.05) is 0 Å². The van der Waals surface area contributed by atoms with E-state index >= 15 is 0 Å². The first kappa shape index (κ1) is 6.88. The third-order valence-corrected chi connectivity index (χ3v) is 0.613. The zero-order valence-electron chi connectivity index (χ0n) is 4.46. The third kappa shape index (κ3) is 5.88. The quantitative estimate of drug-likeness (QED) is 0.393. The van der Waals surface area contributed by atoms with Gasteiger partial charge < -0.3 is 16.6 Å². The molecule has 0 aromatic carbocycles. The second kappa shape index (κ2) is 2.96. The minimum absolute atomic E-state index is 0.375. The van der Waals surface area contributed by atoms with Crippen LogP contribution in [-0.4, -0.2) is 17.4 Å². The van der Waals surface area contributed by atoms with E-state index in [4.69, 9.17) is 16.6 Å². The lowest BCUT2D eigenvalue weighted by atomic mass is 10.2. The predicted octanol–water partition coefficient (Wildman–Crippen LogP) is -0.999. The molecule has 7 heavy (non-hydrogen) atoms. The molecule has 1 unspecified atom stereocenters. The Morgan fingerprint density at radius 1 is 1.57 bits per heavy atom. The summed E-state index contributed by atoms with van der Waals surface area (Å²) in [5.74, 6) is 0. The van der Waals surface area contributed by atoms with Gasteiger partial charge in [-0.3, -0.25) is 0 Å². The largest absolute Gasteiger partial charge is 0.393 e. The third-order valence-electron chi connectivity index (χ3n) is 0.613. The van der Waals surface area contributed by atoms with Gasteiger partial charge in [-0.25, -0.2) is 0 Å². The first-order valence-corrected chi connectivity index (χ1v) is 2.32. The summed E-state index contributed by atoms with van der Waals surface area (Å²) < 4.78 is 0. The molecule has 0 aromatic heterocycles. The minimum Gasteiger partial charge on any atom is -0.393 e. The van der Waals surface area contributed by atoms with Gasteiger partial charge in [0.15, 0.2) is 0 Å². The summed E-state index contributed by atoms with van der Waals surface area (Å²) in [5.41, 5.74) is 10.2. The van der Waals surface area contributed by atoms with E-state index in [-0.39, 0.29) is 12.3 Å². The van der Waals surface area contributed by atoms with Gasteiger partial charge in [-0.05, 0) is 6.92 Å². The molecule has 0 saturated carbocycles. The molecule has 3 heteroatoms. The number of aliphatic hydroxyl groups is 1. The summed E-state index contributed by atoms with van der Waals surface area (Å²) in [7, 11) is 0. The number of hydrogen-bond acceptors (Lipinski definition) is 3. The van der Waals surface area contributed by atoms with Gasteiger partial charge in [0.25, 0.3) is 0 Å². The van der Waals surface area contributed by atoms with E-state index in [0.717, 1.165) is 0 Å². The van der Waals surface area contributed by atoms with E-state index in [1.807, 2.05) is 0 Å². The zero-order valence-corrected chi connectivity index (χ0v) is 4.46. The van der Waals surface area contributed by atoms with Crippen molar-refractivity contribution in [3.05, 3.63) is 0 Å². The van der Waals surface area contributed by atoms with Crippen LogP contribution in [0.4, 0.5) is 0 Å². The number of aliphatic hydroxyl groups excluding tert-OH is 1. The van der Waals surface area contributed by atoms with Gasteiger partial charge >= 0.3 is 0 Å². The summed E-state index contributed by atoms with van der Waals surface area (Å²) in [4.78, 5) is 0. The van der Waals surface area contributed by atoms with Crippen LogP contribution in [0.3, 0.4) is 0 Å². The predicted molar refractivity (Wildman–Crippen MR) is 28.5 cm³/mol. The van der Waals surface area contributed by atoms with Crippen molar-refractivity contribution in [3.8, 4) is 0 Å². The van der Waals surface area contributed by atoms with E-state index in [1.165, 1.54) is 0 Å². The molecule has 3 nitrogen and oxygen atoms in total. The monoisotopic (exact) mass is 104 g/mol. The summed E-state index contributed by atoms with van der Waals surface area (Å²) in [6.07, 6.45) is -0.278. The number of nitrogens with two attached hydrogens (primary N) is 2. The van der Waals surface area contributed by atoms with Gasteiger partial charge in [0.1, 0.15) is 0 Å². The highest BCUT2D eigenvalue weighted by molar-refractivity contribution is 4.54. The van der Waals surface area contributed by atoms with Crippen molar-refractivity contribution in [3.63, 3.8) is 0 Å². The average Bonchev–Trinajstić information content (AvgIpc) is 1.27. The van der Waals surface area contributed by atoms with Crippen LogP contribution in [-0.2, 0) is 0 Å². The van der Waals surface area contributed by atoms with Crippen LogP contribution in [0.2, 0.25) is 0 Å². The molecule has 0 radical (unpaired) electrons. The van der Waals surface area contributed by atoms with Gasteiger partial charge in [-0.15, -0.1) is 0 Å². The van der Waals surface area contributed by atoms with Gasteiger partial charge in [0.2, 0.25) is 0 Å². The van der Waals surface area contributed by atoms with Crippen molar-refractivity contribution < 1.29 is 5.11 Å². The normalized spacial score (nSPS) is 15.0. The van der Waals surface area contributed by atoms with Gasteiger partial charge in [-0.1, -0.05) is 0 Å². The molecule has 0 fully saturated rings. The smallest absolute Gasteiger partial charge is 0.0545 e. The highest BCUT2D eigenvalue weighted by atomic mass is 16.3. The molecule has 0 spiro atoms. The standard InChI is InChI=1S/C4H12N2O/c1-3(7)2-4(5)6/h3-4,7H,2,5-6H2,1H3. The fourth-order valence-electron chi connectivity index (χ4n) is 0.394. The average molecular weight is 104 g/mol. The Balaban J connectivity index is 2.95. The highest BCUT2D eigenvalue weighted by Crippen LogP contribution is 1.86. The Morgan fingerprint density at radius 3 is 2.00 bits per heavy atom. The second-order valence-electron chi connectivity index (χ2n) is 1.75. The van der Waals surface area contributed by atoms with E-state index < -0.39 is 0 Å². The zero-order chi connectivity index (χ0) is 5.86. The fourth-order valence-corrected chi connectivity index (χ4v) is 0.394. The van der Waals surface area contributed by atoms with Gasteiger partial charge in [0.05, 0.1) is 12.3 Å². The van der Waals surface area contributed by atoms with Gasteiger partial charge in [0, 0.05) is 6.42 Å². The first-order valence-electron chi connectivity index (χ1n) is 2.32. The number of hydrogen-bond donors (Lipinski definition) is 3. The Labute approximate surface area is 43.3 Å². The molecule has 0 amide bonds. The molecule has 0 aliphatic heterocycles. The topological polar surface area (TPSA) is 72.3 Å².